The van der Waals surface area contributed by atoms with Gasteiger partial charge >= 0.3 is 5.97 Å². The molecule has 1 aromatic carbocycles. The number of aromatic nitrogens is 4. The highest BCUT2D eigenvalue weighted by atomic mass is 16.4. The Kier molecular flexibility index (Phi) is 7.44. The van der Waals surface area contributed by atoms with Gasteiger partial charge < -0.3 is 10.4 Å². The van der Waals surface area contributed by atoms with Gasteiger partial charge in [0, 0.05) is 42.9 Å². The molecule has 0 radical (unpaired) electrons. The maximum atomic E-state index is 13.1. The lowest BCUT2D eigenvalue weighted by atomic mass is 9.93. The summed E-state index contributed by atoms with van der Waals surface area (Å²) in [5, 5.41) is 21.2. The summed E-state index contributed by atoms with van der Waals surface area (Å²) in [5.74, 6) is -1.06. The molecule has 1 amide bonds. The fraction of sp³-hybridized carbons (Fsp3) is 0.276. The van der Waals surface area contributed by atoms with E-state index in [1.807, 2.05) is 59.2 Å². The highest BCUT2D eigenvalue weighted by Crippen LogP contribution is 2.34. The highest BCUT2D eigenvalue weighted by molar-refractivity contribution is 5.90. The predicted molar refractivity (Wildman–Crippen MR) is 144 cm³/mol. The normalized spacial score (nSPS) is 13.6. The number of nitrogens with one attached hydrogen (secondary N) is 1. The molecular formula is C29H29N5O4. The Labute approximate surface area is 219 Å². The second-order valence-corrected chi connectivity index (χ2v) is 9.37. The van der Waals surface area contributed by atoms with Crippen LogP contribution in [0.25, 0.3) is 33.7 Å². The number of amides is 1. The molecule has 1 aliphatic carbocycles. The monoisotopic (exact) mass is 511 g/mol. The lowest BCUT2D eigenvalue weighted by Gasteiger charge is -2.21. The van der Waals surface area contributed by atoms with Gasteiger partial charge in [-0.3, -0.25) is 14.4 Å². The van der Waals surface area contributed by atoms with Crippen molar-refractivity contribution in [2.24, 2.45) is 0 Å². The first kappa shape index (κ1) is 25.1. The molecule has 0 aliphatic heterocycles. The molecule has 0 fully saturated rings. The summed E-state index contributed by atoms with van der Waals surface area (Å²) in [4.78, 5) is 36.4. The maximum Gasteiger partial charge on any atom is 0.303 e. The van der Waals surface area contributed by atoms with Crippen molar-refractivity contribution in [2.45, 2.75) is 44.9 Å². The van der Waals surface area contributed by atoms with E-state index in [1.54, 1.807) is 6.07 Å². The van der Waals surface area contributed by atoms with Gasteiger partial charge in [0.05, 0.1) is 16.8 Å². The molecule has 9 heteroatoms. The van der Waals surface area contributed by atoms with Crippen molar-refractivity contribution in [3.05, 3.63) is 82.8 Å². The molecule has 0 unspecified atom stereocenters. The molecule has 194 valence electrons. The number of benzene rings is 1. The number of carbonyl (C=O) groups is 2. The van der Waals surface area contributed by atoms with Crippen molar-refractivity contribution in [1.29, 1.82) is 0 Å². The molecule has 9 nitrogen and oxygen atoms in total. The number of rotatable bonds is 9. The van der Waals surface area contributed by atoms with Crippen LogP contribution in [0.2, 0.25) is 0 Å². The van der Waals surface area contributed by atoms with Crippen LogP contribution in [0.5, 0.6) is 0 Å². The number of carbonyl (C=O) groups excluding carboxylic acids is 1. The molecule has 3 aromatic heterocycles. The van der Waals surface area contributed by atoms with Crippen molar-refractivity contribution in [3.63, 3.8) is 0 Å². The summed E-state index contributed by atoms with van der Waals surface area (Å²) < 4.78 is 3.26. The molecule has 0 spiro atoms. The van der Waals surface area contributed by atoms with Crippen LogP contribution >= 0.6 is 0 Å². The molecule has 3 heterocycles. The number of hydrogen-bond acceptors (Lipinski definition) is 5. The van der Waals surface area contributed by atoms with E-state index in [-0.39, 0.29) is 24.3 Å². The predicted octanol–water partition coefficient (Wildman–Crippen LogP) is 4.38. The number of fused-ring (bicyclic) bond motifs is 1. The van der Waals surface area contributed by atoms with E-state index in [2.05, 4.69) is 5.32 Å². The standard InChI is InChI=1S/C29H29N5O4/c35-25(30-17-8-14-27(37)38)19-21-11-4-5-12-23(21)34-26(36)16-15-22(31-34)28-24-13-6-7-18-33(24)32-29(28)20-9-2-1-3-10-20/h1-3,6-7,9-10,13,15-16,18H,4-5,8,11-12,14,17,19H2,(H,30,35)(H,37,38). The number of nitrogens with zero attached hydrogens (tertiary/aromatic N) is 4. The van der Waals surface area contributed by atoms with E-state index in [0.29, 0.717) is 31.5 Å². The van der Waals surface area contributed by atoms with Gasteiger partial charge in [-0.25, -0.2) is 9.20 Å². The Hall–Kier alpha value is -4.53. The van der Waals surface area contributed by atoms with Crippen LogP contribution in [0.15, 0.2) is 77.2 Å². The van der Waals surface area contributed by atoms with E-state index in [0.717, 1.165) is 46.4 Å². The minimum absolute atomic E-state index is 0.00878. The van der Waals surface area contributed by atoms with Gasteiger partial charge in [0.1, 0.15) is 5.69 Å². The average molecular weight is 512 g/mol. The first-order chi connectivity index (χ1) is 18.5. The summed E-state index contributed by atoms with van der Waals surface area (Å²) in [6, 6.07) is 19.0. The Morgan fingerprint density at radius 1 is 0.947 bits per heavy atom. The van der Waals surface area contributed by atoms with Crippen molar-refractivity contribution in [1.82, 2.24) is 24.7 Å². The molecule has 0 saturated heterocycles. The first-order valence-corrected chi connectivity index (χ1v) is 12.8. The van der Waals surface area contributed by atoms with Crippen LogP contribution in [0, 0.1) is 0 Å². The van der Waals surface area contributed by atoms with E-state index in [1.165, 1.54) is 10.7 Å². The van der Waals surface area contributed by atoms with Crippen molar-refractivity contribution >= 4 is 23.1 Å². The van der Waals surface area contributed by atoms with Crippen LogP contribution in [0.4, 0.5) is 0 Å². The zero-order chi connectivity index (χ0) is 26.5. The maximum absolute atomic E-state index is 13.1. The van der Waals surface area contributed by atoms with Gasteiger partial charge in [-0.2, -0.15) is 10.2 Å². The lowest BCUT2D eigenvalue weighted by molar-refractivity contribution is -0.137. The number of carboxylic acid groups (broad SMARTS) is 1. The van der Waals surface area contributed by atoms with Crippen molar-refractivity contribution < 1.29 is 14.7 Å². The van der Waals surface area contributed by atoms with Gasteiger partial charge in [-0.1, -0.05) is 36.4 Å². The summed E-state index contributed by atoms with van der Waals surface area (Å²) in [6.07, 6.45) is 5.63. The minimum Gasteiger partial charge on any atom is -0.481 e. The molecular weight excluding hydrogens is 482 g/mol. The molecule has 5 rings (SSSR count). The second kappa shape index (κ2) is 11.2. The van der Waals surface area contributed by atoms with Crippen LogP contribution in [0.1, 0.15) is 44.9 Å². The van der Waals surface area contributed by atoms with Crippen LogP contribution in [0.3, 0.4) is 0 Å². The Morgan fingerprint density at radius 3 is 2.55 bits per heavy atom. The van der Waals surface area contributed by atoms with Gasteiger partial charge in [0.15, 0.2) is 0 Å². The van der Waals surface area contributed by atoms with Crippen LogP contribution in [-0.4, -0.2) is 42.9 Å². The van der Waals surface area contributed by atoms with Gasteiger partial charge in [-0.05, 0) is 55.9 Å². The molecule has 0 bridgehead atoms. The molecule has 4 aromatic rings. The SMILES string of the molecule is O=C(O)CCCNC(=O)CC1=C(n2nc(-c3c(-c4ccccc4)nn4ccccc34)ccc2=O)CCCC1. The summed E-state index contributed by atoms with van der Waals surface area (Å²) >= 11 is 0. The van der Waals surface area contributed by atoms with Crippen LogP contribution < -0.4 is 10.9 Å². The van der Waals surface area contributed by atoms with E-state index in [4.69, 9.17) is 15.3 Å². The molecule has 1 aliphatic rings. The topological polar surface area (TPSA) is 119 Å². The van der Waals surface area contributed by atoms with Gasteiger partial charge in [0.2, 0.25) is 5.91 Å². The number of pyridine rings is 1. The van der Waals surface area contributed by atoms with Gasteiger partial charge in [0.25, 0.3) is 5.56 Å². The molecule has 0 atom stereocenters. The largest absolute Gasteiger partial charge is 0.481 e. The Bertz CT molecular complexity index is 1570. The van der Waals surface area contributed by atoms with Crippen molar-refractivity contribution in [3.8, 4) is 22.5 Å². The number of aliphatic carboxylic acids is 1. The zero-order valence-corrected chi connectivity index (χ0v) is 21.0. The number of hydrogen-bond donors (Lipinski definition) is 2. The number of allylic oxidation sites excluding steroid dienone is 1. The smallest absolute Gasteiger partial charge is 0.303 e. The third-order valence-electron chi connectivity index (χ3n) is 6.71. The van der Waals surface area contributed by atoms with E-state index >= 15 is 0 Å². The highest BCUT2D eigenvalue weighted by Gasteiger charge is 2.22. The quantitative estimate of drug-likeness (QED) is 0.322. The summed E-state index contributed by atoms with van der Waals surface area (Å²) in [6.45, 7) is 0.304. The Balaban J connectivity index is 1.53. The summed E-state index contributed by atoms with van der Waals surface area (Å²) in [5.41, 5.74) is 5.46. The third kappa shape index (κ3) is 5.41. The average Bonchev–Trinajstić information content (AvgIpc) is 3.32. The summed E-state index contributed by atoms with van der Waals surface area (Å²) in [7, 11) is 0. The van der Waals surface area contributed by atoms with E-state index in [9.17, 15) is 14.4 Å². The second-order valence-electron chi connectivity index (χ2n) is 9.37. The fourth-order valence-corrected chi connectivity index (χ4v) is 4.91. The van der Waals surface area contributed by atoms with E-state index < -0.39 is 5.97 Å². The Morgan fingerprint density at radius 2 is 1.74 bits per heavy atom. The van der Waals surface area contributed by atoms with Crippen molar-refractivity contribution in [2.75, 3.05) is 6.54 Å². The molecule has 0 saturated carbocycles. The fourth-order valence-electron chi connectivity index (χ4n) is 4.91. The number of carboxylic acids is 1. The third-order valence-corrected chi connectivity index (χ3v) is 6.71. The first-order valence-electron chi connectivity index (χ1n) is 12.8. The minimum atomic E-state index is -0.886. The molecule has 2 N–H and O–H groups in total. The molecule has 38 heavy (non-hydrogen) atoms. The lowest BCUT2D eigenvalue weighted by Crippen LogP contribution is -2.28. The van der Waals surface area contributed by atoms with Crippen LogP contribution in [-0.2, 0) is 9.59 Å². The zero-order valence-electron chi connectivity index (χ0n) is 21.0. The van der Waals surface area contributed by atoms with Gasteiger partial charge in [-0.15, -0.1) is 0 Å².